The lowest BCUT2D eigenvalue weighted by atomic mass is 9.82. The highest BCUT2D eigenvalue weighted by Gasteiger charge is 2.36. The number of thiol groups is 1. The Kier molecular flexibility index (Phi) is 3.33. The van der Waals surface area contributed by atoms with Crippen molar-refractivity contribution in [3.8, 4) is 0 Å². The van der Waals surface area contributed by atoms with E-state index in [-0.39, 0.29) is 5.91 Å². The number of likely N-dealkylation sites (tertiary alicyclic amines) is 1. The second kappa shape index (κ2) is 4.96. The third-order valence-corrected chi connectivity index (χ3v) is 4.79. The van der Waals surface area contributed by atoms with E-state index in [9.17, 15) is 4.79 Å². The number of hydrogen-bond acceptors (Lipinski definition) is 2. The molecule has 18 heavy (non-hydrogen) atoms. The average molecular weight is 261 g/mol. The second-order valence-corrected chi connectivity index (χ2v) is 6.01. The fourth-order valence-electron chi connectivity index (χ4n) is 3.40. The Hall–Kier alpha value is -0.960. The molecular weight excluding hydrogens is 242 g/mol. The Morgan fingerprint density at radius 2 is 1.72 bits per heavy atom. The molecule has 1 aliphatic heterocycles. The van der Waals surface area contributed by atoms with Crippen LogP contribution in [-0.4, -0.2) is 23.9 Å². The summed E-state index contributed by atoms with van der Waals surface area (Å²) >= 11 is 4.39. The molecule has 1 amide bonds. The van der Waals surface area contributed by atoms with Gasteiger partial charge in [-0.05, 0) is 36.8 Å². The normalized spacial score (nSPS) is 27.1. The number of benzene rings is 1. The molecule has 2 aliphatic rings. The zero-order valence-corrected chi connectivity index (χ0v) is 11.4. The summed E-state index contributed by atoms with van der Waals surface area (Å²) in [5.74, 6) is 1.65. The Balaban J connectivity index is 1.76. The molecule has 0 spiro atoms. The molecule has 1 aliphatic carbocycles. The Morgan fingerprint density at radius 1 is 1.11 bits per heavy atom. The molecule has 0 aromatic heterocycles. The summed E-state index contributed by atoms with van der Waals surface area (Å²) in [6.45, 7) is 1.90. The monoisotopic (exact) mass is 261 g/mol. The number of hydrogen-bond donors (Lipinski definition) is 1. The predicted molar refractivity (Wildman–Crippen MR) is 75.0 cm³/mol. The van der Waals surface area contributed by atoms with Crippen LogP contribution in [0.1, 0.15) is 36.0 Å². The van der Waals surface area contributed by atoms with E-state index in [1.54, 1.807) is 0 Å². The average Bonchev–Trinajstić information content (AvgIpc) is 2.82. The molecule has 3 heteroatoms. The number of carbonyl (C=O) groups is 1. The van der Waals surface area contributed by atoms with Gasteiger partial charge >= 0.3 is 0 Å². The van der Waals surface area contributed by atoms with Gasteiger partial charge in [0, 0.05) is 18.0 Å². The maximum Gasteiger partial charge on any atom is 0.254 e. The van der Waals surface area contributed by atoms with Crippen molar-refractivity contribution in [1.82, 2.24) is 4.90 Å². The molecule has 1 saturated heterocycles. The van der Waals surface area contributed by atoms with Crippen molar-refractivity contribution in [2.75, 3.05) is 13.1 Å². The van der Waals surface area contributed by atoms with Gasteiger partial charge in [-0.15, -0.1) is 12.6 Å². The van der Waals surface area contributed by atoms with E-state index in [0.29, 0.717) is 0 Å². The highest BCUT2D eigenvalue weighted by molar-refractivity contribution is 7.80. The van der Waals surface area contributed by atoms with E-state index in [0.717, 1.165) is 35.4 Å². The van der Waals surface area contributed by atoms with Crippen LogP contribution >= 0.6 is 12.6 Å². The molecule has 2 nitrogen and oxygen atoms in total. The second-order valence-electron chi connectivity index (χ2n) is 5.53. The molecule has 1 aromatic carbocycles. The van der Waals surface area contributed by atoms with Gasteiger partial charge in [-0.25, -0.2) is 0 Å². The molecule has 1 saturated carbocycles. The number of amides is 1. The van der Waals surface area contributed by atoms with E-state index in [4.69, 9.17) is 0 Å². The molecule has 1 aromatic rings. The van der Waals surface area contributed by atoms with Gasteiger partial charge in [-0.3, -0.25) is 4.79 Å². The number of rotatable bonds is 1. The standard InChI is InChI=1S/C15H19NOS/c17-15(13-7-3-4-8-14(13)18)16-9-11-5-1-2-6-12(11)10-16/h3-4,7-8,11-12,18H,1-2,5-6,9-10H2. The Bertz CT molecular complexity index is 446. The first-order valence-electron chi connectivity index (χ1n) is 6.83. The molecule has 0 radical (unpaired) electrons. The fourth-order valence-corrected chi connectivity index (χ4v) is 3.65. The third kappa shape index (κ3) is 2.16. The van der Waals surface area contributed by atoms with Crippen LogP contribution in [0.25, 0.3) is 0 Å². The fraction of sp³-hybridized carbons (Fsp3) is 0.533. The molecule has 2 atom stereocenters. The third-order valence-electron chi connectivity index (χ3n) is 4.40. The molecular formula is C15H19NOS. The summed E-state index contributed by atoms with van der Waals surface area (Å²) in [4.78, 5) is 15.3. The molecule has 0 bridgehead atoms. The lowest BCUT2D eigenvalue weighted by Crippen LogP contribution is -2.29. The number of nitrogens with zero attached hydrogens (tertiary/aromatic N) is 1. The predicted octanol–water partition coefficient (Wildman–Crippen LogP) is 3.24. The summed E-state index contributed by atoms with van der Waals surface area (Å²) in [7, 11) is 0. The van der Waals surface area contributed by atoms with Crippen molar-refractivity contribution in [2.24, 2.45) is 11.8 Å². The molecule has 96 valence electrons. The maximum absolute atomic E-state index is 12.5. The topological polar surface area (TPSA) is 20.3 Å². The van der Waals surface area contributed by atoms with Gasteiger partial charge < -0.3 is 4.90 Å². The summed E-state index contributed by atoms with van der Waals surface area (Å²) < 4.78 is 0. The maximum atomic E-state index is 12.5. The van der Waals surface area contributed by atoms with Gasteiger partial charge in [0.05, 0.1) is 5.56 Å². The highest BCUT2D eigenvalue weighted by atomic mass is 32.1. The SMILES string of the molecule is O=C(c1ccccc1S)N1CC2CCCCC2C1. The van der Waals surface area contributed by atoms with Crippen molar-refractivity contribution in [1.29, 1.82) is 0 Å². The summed E-state index contributed by atoms with van der Waals surface area (Å²) in [5, 5.41) is 0. The van der Waals surface area contributed by atoms with E-state index in [1.807, 2.05) is 29.2 Å². The zero-order valence-electron chi connectivity index (χ0n) is 10.5. The van der Waals surface area contributed by atoms with Gasteiger partial charge in [0.25, 0.3) is 5.91 Å². The molecule has 3 rings (SSSR count). The van der Waals surface area contributed by atoms with Crippen molar-refractivity contribution >= 4 is 18.5 Å². The number of carbonyl (C=O) groups excluding carboxylic acids is 1. The smallest absolute Gasteiger partial charge is 0.254 e. The van der Waals surface area contributed by atoms with E-state index in [2.05, 4.69) is 12.6 Å². The Morgan fingerprint density at radius 3 is 2.33 bits per heavy atom. The quantitative estimate of drug-likeness (QED) is 0.770. The Labute approximate surface area is 114 Å². The summed E-state index contributed by atoms with van der Waals surface area (Å²) in [5.41, 5.74) is 0.750. The van der Waals surface area contributed by atoms with Crippen LogP contribution in [0.3, 0.4) is 0 Å². The van der Waals surface area contributed by atoms with E-state index < -0.39 is 0 Å². The highest BCUT2D eigenvalue weighted by Crippen LogP contribution is 2.36. The first-order valence-corrected chi connectivity index (χ1v) is 7.27. The van der Waals surface area contributed by atoms with Crippen LogP contribution in [0.15, 0.2) is 29.2 Å². The summed E-state index contributed by atoms with van der Waals surface area (Å²) in [6, 6.07) is 7.60. The minimum absolute atomic E-state index is 0.162. The van der Waals surface area contributed by atoms with Crippen LogP contribution in [0, 0.1) is 11.8 Å². The van der Waals surface area contributed by atoms with Crippen molar-refractivity contribution in [3.05, 3.63) is 29.8 Å². The van der Waals surface area contributed by atoms with Crippen molar-refractivity contribution in [3.63, 3.8) is 0 Å². The lowest BCUT2D eigenvalue weighted by molar-refractivity contribution is 0.0780. The van der Waals surface area contributed by atoms with Gasteiger partial charge in [0.1, 0.15) is 0 Å². The van der Waals surface area contributed by atoms with Crippen molar-refractivity contribution < 1.29 is 4.79 Å². The van der Waals surface area contributed by atoms with Gasteiger partial charge in [-0.2, -0.15) is 0 Å². The van der Waals surface area contributed by atoms with Gasteiger partial charge in [0.2, 0.25) is 0 Å². The van der Waals surface area contributed by atoms with E-state index >= 15 is 0 Å². The van der Waals surface area contributed by atoms with Gasteiger partial charge in [-0.1, -0.05) is 25.0 Å². The van der Waals surface area contributed by atoms with Crippen LogP contribution < -0.4 is 0 Å². The molecule has 0 N–H and O–H groups in total. The van der Waals surface area contributed by atoms with Crippen molar-refractivity contribution in [2.45, 2.75) is 30.6 Å². The zero-order chi connectivity index (χ0) is 12.5. The van der Waals surface area contributed by atoms with Crippen LogP contribution in [0.4, 0.5) is 0 Å². The largest absolute Gasteiger partial charge is 0.338 e. The van der Waals surface area contributed by atoms with Crippen LogP contribution in [0.2, 0.25) is 0 Å². The first-order chi connectivity index (χ1) is 8.75. The minimum atomic E-state index is 0.162. The van der Waals surface area contributed by atoms with Crippen LogP contribution in [0.5, 0.6) is 0 Å². The van der Waals surface area contributed by atoms with Gasteiger partial charge in [0.15, 0.2) is 0 Å². The summed E-state index contributed by atoms with van der Waals surface area (Å²) in [6.07, 6.45) is 5.28. The first kappa shape index (κ1) is 12.1. The molecule has 1 heterocycles. The lowest BCUT2D eigenvalue weighted by Gasteiger charge is -2.22. The minimum Gasteiger partial charge on any atom is -0.338 e. The van der Waals surface area contributed by atoms with E-state index in [1.165, 1.54) is 25.7 Å². The molecule has 2 fully saturated rings. The number of fused-ring (bicyclic) bond motifs is 1. The van der Waals surface area contributed by atoms with Crippen LogP contribution in [-0.2, 0) is 0 Å². The molecule has 2 unspecified atom stereocenters.